The number of anilines is 1. The van der Waals surface area contributed by atoms with Crippen molar-refractivity contribution in [3.05, 3.63) is 96.1 Å². The lowest BCUT2D eigenvalue weighted by Crippen LogP contribution is -2.28. The Balaban J connectivity index is 1.47. The molecule has 0 radical (unpaired) electrons. The molecule has 0 aliphatic rings. The predicted octanol–water partition coefficient (Wildman–Crippen LogP) is 4.04. The van der Waals surface area contributed by atoms with Crippen molar-refractivity contribution in [3.8, 4) is 5.69 Å². The topological polar surface area (TPSA) is 106 Å². The minimum Gasteiger partial charge on any atom is -0.334 e. The lowest BCUT2D eigenvalue weighted by molar-refractivity contribution is 0.251. The summed E-state index contributed by atoms with van der Waals surface area (Å²) < 4.78 is 28.0. The maximum Gasteiger partial charge on any atom is 0.319 e. The molecule has 0 aliphatic heterocycles. The van der Waals surface area contributed by atoms with Crippen LogP contribution in [-0.4, -0.2) is 29.2 Å². The van der Waals surface area contributed by atoms with E-state index in [0.29, 0.717) is 17.9 Å². The van der Waals surface area contributed by atoms with Crippen LogP contribution in [0.15, 0.2) is 88.9 Å². The fourth-order valence-electron chi connectivity index (χ4n) is 3.39. The number of nitrogens with one attached hydrogen (secondary N) is 2. The number of amides is 2. The second-order valence-corrected chi connectivity index (χ2v) is 9.48. The van der Waals surface area contributed by atoms with Crippen molar-refractivity contribution in [2.45, 2.75) is 30.2 Å². The van der Waals surface area contributed by atoms with Gasteiger partial charge in [-0.1, -0.05) is 12.1 Å². The summed E-state index contributed by atoms with van der Waals surface area (Å²) >= 11 is 0. The van der Waals surface area contributed by atoms with Crippen LogP contribution in [0, 0.1) is 13.8 Å². The summed E-state index contributed by atoms with van der Waals surface area (Å²) in [6.07, 6.45) is 3.33. The number of carbonyl (C=O) groups is 1. The highest BCUT2D eigenvalue weighted by Gasteiger charge is 2.19. The maximum absolute atomic E-state index is 13.2. The lowest BCUT2D eigenvalue weighted by atomic mass is 10.3. The Morgan fingerprint density at radius 1 is 0.970 bits per heavy atom. The molecule has 4 rings (SSSR count). The number of hydrogen-bond donors (Lipinski definition) is 2. The molecular weight excluding hydrogens is 438 g/mol. The first-order chi connectivity index (χ1) is 15.8. The van der Waals surface area contributed by atoms with Crippen LogP contribution in [0.1, 0.15) is 17.0 Å². The van der Waals surface area contributed by atoms with Gasteiger partial charge in [0.2, 0.25) is 9.84 Å². The third kappa shape index (κ3) is 5.09. The minimum atomic E-state index is -3.74. The molecule has 0 saturated heterocycles. The van der Waals surface area contributed by atoms with Crippen LogP contribution in [0.4, 0.5) is 10.5 Å². The number of benzene rings is 2. The van der Waals surface area contributed by atoms with E-state index >= 15 is 0 Å². The molecular formula is C24H23N5O3S. The second-order valence-electron chi connectivity index (χ2n) is 7.53. The van der Waals surface area contributed by atoms with Crippen LogP contribution in [-0.2, 0) is 16.4 Å². The first kappa shape index (κ1) is 22.2. The van der Waals surface area contributed by atoms with Gasteiger partial charge < -0.3 is 10.6 Å². The molecule has 0 bridgehead atoms. The van der Waals surface area contributed by atoms with Crippen LogP contribution >= 0.6 is 0 Å². The lowest BCUT2D eigenvalue weighted by Gasteiger charge is -2.10. The Morgan fingerprint density at radius 2 is 1.76 bits per heavy atom. The first-order valence-electron chi connectivity index (χ1n) is 10.3. The average Bonchev–Trinajstić information content (AvgIpc) is 3.16. The molecule has 2 N–H and O–H groups in total. The summed E-state index contributed by atoms with van der Waals surface area (Å²) in [7, 11) is -3.74. The van der Waals surface area contributed by atoms with E-state index in [0.717, 1.165) is 17.0 Å². The molecule has 8 nitrogen and oxygen atoms in total. The number of aryl methyl sites for hydroxylation is 2. The van der Waals surface area contributed by atoms with E-state index in [4.69, 9.17) is 0 Å². The molecule has 2 aromatic carbocycles. The zero-order valence-corrected chi connectivity index (χ0v) is 19.0. The number of urea groups is 1. The van der Waals surface area contributed by atoms with Gasteiger partial charge in [0, 0.05) is 30.3 Å². The summed E-state index contributed by atoms with van der Waals surface area (Å²) in [6.45, 7) is 4.14. The van der Waals surface area contributed by atoms with Gasteiger partial charge in [-0.2, -0.15) is 5.10 Å². The van der Waals surface area contributed by atoms with E-state index in [-0.39, 0.29) is 9.79 Å². The van der Waals surface area contributed by atoms with Crippen molar-refractivity contribution in [1.29, 1.82) is 0 Å². The third-order valence-corrected chi connectivity index (χ3v) is 6.75. The van der Waals surface area contributed by atoms with E-state index in [2.05, 4.69) is 20.7 Å². The van der Waals surface area contributed by atoms with Crippen LogP contribution in [0.25, 0.3) is 5.69 Å². The number of carbonyl (C=O) groups excluding carboxylic acids is 1. The van der Waals surface area contributed by atoms with E-state index in [1.54, 1.807) is 53.5 Å². The molecule has 0 spiro atoms. The molecule has 2 aromatic heterocycles. The van der Waals surface area contributed by atoms with Gasteiger partial charge in [-0.3, -0.25) is 4.98 Å². The number of pyridine rings is 1. The van der Waals surface area contributed by atoms with Crippen LogP contribution in [0.5, 0.6) is 0 Å². The summed E-state index contributed by atoms with van der Waals surface area (Å²) in [5, 5.41) is 9.84. The van der Waals surface area contributed by atoms with Gasteiger partial charge in [-0.15, -0.1) is 0 Å². The normalized spacial score (nSPS) is 11.2. The highest BCUT2D eigenvalue weighted by atomic mass is 32.2. The zero-order chi connectivity index (χ0) is 23.4. The fraction of sp³-hybridized carbons (Fsp3) is 0.125. The molecule has 0 fully saturated rings. The fourth-order valence-corrected chi connectivity index (χ4v) is 4.69. The van der Waals surface area contributed by atoms with Crippen molar-refractivity contribution in [2.75, 3.05) is 5.32 Å². The van der Waals surface area contributed by atoms with Crippen molar-refractivity contribution in [1.82, 2.24) is 20.1 Å². The molecule has 2 heterocycles. The summed E-state index contributed by atoms with van der Waals surface area (Å²) in [4.78, 5) is 16.4. The van der Waals surface area contributed by atoms with Gasteiger partial charge in [0.15, 0.2) is 0 Å². The Morgan fingerprint density at radius 3 is 2.42 bits per heavy atom. The zero-order valence-electron chi connectivity index (χ0n) is 18.2. The van der Waals surface area contributed by atoms with Gasteiger partial charge in [-0.25, -0.2) is 17.9 Å². The van der Waals surface area contributed by atoms with Crippen molar-refractivity contribution in [2.24, 2.45) is 0 Å². The summed E-state index contributed by atoms with van der Waals surface area (Å²) in [6, 6.07) is 17.9. The van der Waals surface area contributed by atoms with Gasteiger partial charge in [0.05, 0.1) is 21.2 Å². The molecule has 9 heteroatoms. The SMILES string of the molecule is Cc1cc(C)n(-c2cccc(S(=O)(=O)c3ccc(NC(=O)NCc4cccnc4)cc3)c2)n1. The number of hydrogen-bond acceptors (Lipinski definition) is 5. The van der Waals surface area contributed by atoms with E-state index in [1.165, 1.54) is 12.1 Å². The van der Waals surface area contributed by atoms with Crippen LogP contribution in [0.2, 0.25) is 0 Å². The summed E-state index contributed by atoms with van der Waals surface area (Å²) in [5.41, 5.74) is 3.80. The van der Waals surface area contributed by atoms with Crippen LogP contribution in [0.3, 0.4) is 0 Å². The van der Waals surface area contributed by atoms with Gasteiger partial charge in [0.1, 0.15) is 0 Å². The number of sulfone groups is 1. The summed E-state index contributed by atoms with van der Waals surface area (Å²) in [5.74, 6) is 0. The van der Waals surface area contributed by atoms with Gasteiger partial charge in [0.25, 0.3) is 0 Å². The maximum atomic E-state index is 13.2. The van der Waals surface area contributed by atoms with E-state index in [1.807, 2.05) is 32.0 Å². The standard InChI is InChI=1S/C24H23N5O3S/c1-17-13-18(2)29(28-17)21-6-3-7-23(14-21)33(31,32)22-10-8-20(9-11-22)27-24(30)26-16-19-5-4-12-25-15-19/h3-15H,16H2,1-2H3,(H2,26,27,30). The number of aromatic nitrogens is 3. The Labute approximate surface area is 192 Å². The molecule has 0 saturated carbocycles. The number of nitrogens with zero attached hydrogens (tertiary/aromatic N) is 3. The quantitative estimate of drug-likeness (QED) is 0.451. The van der Waals surface area contributed by atoms with Gasteiger partial charge in [-0.05, 0) is 74.0 Å². The minimum absolute atomic E-state index is 0.134. The van der Waals surface area contributed by atoms with Crippen molar-refractivity contribution >= 4 is 21.6 Å². The Kier molecular flexibility index (Phi) is 6.23. The van der Waals surface area contributed by atoms with E-state index < -0.39 is 15.9 Å². The molecule has 0 aliphatic carbocycles. The molecule has 33 heavy (non-hydrogen) atoms. The Bertz CT molecular complexity index is 1380. The molecule has 2 amide bonds. The van der Waals surface area contributed by atoms with Crippen molar-refractivity contribution in [3.63, 3.8) is 0 Å². The monoisotopic (exact) mass is 461 g/mol. The first-order valence-corrected chi connectivity index (χ1v) is 11.7. The molecule has 168 valence electrons. The largest absolute Gasteiger partial charge is 0.334 e. The van der Waals surface area contributed by atoms with Gasteiger partial charge >= 0.3 is 6.03 Å². The third-order valence-electron chi connectivity index (χ3n) is 4.98. The Hall–Kier alpha value is -3.98. The average molecular weight is 462 g/mol. The van der Waals surface area contributed by atoms with Crippen molar-refractivity contribution < 1.29 is 13.2 Å². The molecule has 0 atom stereocenters. The predicted molar refractivity (Wildman–Crippen MR) is 125 cm³/mol. The van der Waals surface area contributed by atoms with Crippen LogP contribution < -0.4 is 10.6 Å². The highest BCUT2D eigenvalue weighted by Crippen LogP contribution is 2.24. The second kappa shape index (κ2) is 9.25. The van der Waals surface area contributed by atoms with E-state index in [9.17, 15) is 13.2 Å². The highest BCUT2D eigenvalue weighted by molar-refractivity contribution is 7.91. The molecule has 0 unspecified atom stereocenters. The smallest absolute Gasteiger partial charge is 0.319 e. The molecule has 4 aromatic rings. The number of rotatable bonds is 6.